The molecule has 0 aliphatic heterocycles. The summed E-state index contributed by atoms with van der Waals surface area (Å²) in [6.07, 6.45) is 1.54. The molecule has 2 aromatic rings. The van der Waals surface area contributed by atoms with Gasteiger partial charge in [-0.2, -0.15) is 0 Å². The lowest BCUT2D eigenvalue weighted by molar-refractivity contribution is 0.287. The van der Waals surface area contributed by atoms with Gasteiger partial charge in [-0.1, -0.05) is 0 Å². The average Bonchev–Trinajstić information content (AvgIpc) is 2.52. The number of rotatable bonds is 3. The molecular formula is C11H17Cl2N3O. The van der Waals surface area contributed by atoms with Crippen molar-refractivity contribution in [2.45, 2.75) is 12.8 Å². The third kappa shape index (κ3) is 3.25. The van der Waals surface area contributed by atoms with Gasteiger partial charge >= 0.3 is 0 Å². The second kappa shape index (κ2) is 6.69. The predicted molar refractivity (Wildman–Crippen MR) is 75.0 cm³/mol. The summed E-state index contributed by atoms with van der Waals surface area (Å²) >= 11 is 0. The summed E-state index contributed by atoms with van der Waals surface area (Å²) in [5, 5.41) is 8.78. The average molecular weight is 278 g/mol. The SMILES string of the molecule is Cl.Cl.Cn1c(CCCO)nc2cc(N)ccc21. The molecule has 0 amide bonds. The molecule has 2 rings (SSSR count). The Morgan fingerprint density at radius 2 is 2.06 bits per heavy atom. The van der Waals surface area contributed by atoms with Crippen LogP contribution in [-0.2, 0) is 13.5 Å². The van der Waals surface area contributed by atoms with Crippen molar-refractivity contribution < 1.29 is 5.11 Å². The van der Waals surface area contributed by atoms with Gasteiger partial charge in [0.25, 0.3) is 0 Å². The number of hydrogen-bond donors (Lipinski definition) is 2. The molecule has 0 aliphatic carbocycles. The Bertz CT molecular complexity index is 485. The summed E-state index contributed by atoms with van der Waals surface area (Å²) in [7, 11) is 1.98. The summed E-state index contributed by atoms with van der Waals surface area (Å²) in [5.74, 6) is 0.990. The Balaban J connectivity index is 0.00000128. The normalized spacial score (nSPS) is 9.76. The molecule has 1 aromatic carbocycles. The van der Waals surface area contributed by atoms with E-state index in [1.165, 1.54) is 0 Å². The van der Waals surface area contributed by atoms with Crippen LogP contribution in [0.4, 0.5) is 5.69 Å². The summed E-state index contributed by atoms with van der Waals surface area (Å²) < 4.78 is 2.05. The van der Waals surface area contributed by atoms with Crippen LogP contribution in [0, 0.1) is 0 Å². The third-order valence-electron chi connectivity index (χ3n) is 2.56. The first-order valence-corrected chi connectivity index (χ1v) is 5.04. The Hall–Kier alpha value is -0.970. The number of halogens is 2. The maximum Gasteiger partial charge on any atom is 0.109 e. The molecule has 1 aromatic heterocycles. The molecule has 0 fully saturated rings. The molecule has 0 unspecified atom stereocenters. The molecule has 0 spiro atoms. The summed E-state index contributed by atoms with van der Waals surface area (Å²) in [5.41, 5.74) is 8.43. The van der Waals surface area contributed by atoms with Crippen LogP contribution in [0.3, 0.4) is 0 Å². The molecule has 6 heteroatoms. The number of hydrogen-bond acceptors (Lipinski definition) is 3. The van der Waals surface area contributed by atoms with Crippen LogP contribution in [0.5, 0.6) is 0 Å². The fourth-order valence-electron chi connectivity index (χ4n) is 1.73. The summed E-state index contributed by atoms with van der Waals surface area (Å²) in [6.45, 7) is 0.200. The number of aliphatic hydroxyl groups excluding tert-OH is 1. The quantitative estimate of drug-likeness (QED) is 0.843. The molecule has 0 saturated carbocycles. The van der Waals surface area contributed by atoms with Gasteiger partial charge in [-0.15, -0.1) is 24.8 Å². The molecule has 0 aliphatic rings. The van der Waals surface area contributed by atoms with E-state index in [0.717, 1.165) is 35.4 Å². The van der Waals surface area contributed by atoms with E-state index in [9.17, 15) is 0 Å². The Kier molecular flexibility index (Phi) is 6.31. The van der Waals surface area contributed by atoms with E-state index in [1.54, 1.807) is 0 Å². The van der Waals surface area contributed by atoms with Crippen LogP contribution in [0.2, 0.25) is 0 Å². The highest BCUT2D eigenvalue weighted by Gasteiger charge is 2.06. The first-order chi connectivity index (χ1) is 7.22. The molecule has 1 heterocycles. The van der Waals surface area contributed by atoms with Crippen LogP contribution in [-0.4, -0.2) is 21.3 Å². The van der Waals surface area contributed by atoms with Crippen LogP contribution in [0.15, 0.2) is 18.2 Å². The number of nitrogens with zero attached hydrogens (tertiary/aromatic N) is 2. The smallest absolute Gasteiger partial charge is 0.109 e. The van der Waals surface area contributed by atoms with E-state index in [-0.39, 0.29) is 31.4 Å². The lowest BCUT2D eigenvalue weighted by Gasteiger charge is -2.00. The van der Waals surface area contributed by atoms with Crippen molar-refractivity contribution in [1.82, 2.24) is 9.55 Å². The van der Waals surface area contributed by atoms with Gasteiger partial charge in [-0.25, -0.2) is 4.98 Å². The minimum Gasteiger partial charge on any atom is -0.399 e. The number of aryl methyl sites for hydroxylation is 2. The largest absolute Gasteiger partial charge is 0.399 e. The number of nitrogen functional groups attached to an aromatic ring is 1. The van der Waals surface area contributed by atoms with Gasteiger partial charge in [0.1, 0.15) is 5.82 Å². The van der Waals surface area contributed by atoms with E-state index >= 15 is 0 Å². The third-order valence-corrected chi connectivity index (χ3v) is 2.56. The predicted octanol–water partition coefficient (Wildman–Crippen LogP) is 1.92. The van der Waals surface area contributed by atoms with Crippen molar-refractivity contribution in [2.75, 3.05) is 12.3 Å². The molecule has 3 N–H and O–H groups in total. The lowest BCUT2D eigenvalue weighted by atomic mass is 10.3. The maximum atomic E-state index is 8.78. The molecule has 0 saturated heterocycles. The van der Waals surface area contributed by atoms with Crippen molar-refractivity contribution in [3.63, 3.8) is 0 Å². The first kappa shape index (κ1) is 16.0. The zero-order valence-corrected chi connectivity index (χ0v) is 11.2. The maximum absolute atomic E-state index is 8.78. The van der Waals surface area contributed by atoms with Crippen molar-refractivity contribution in [1.29, 1.82) is 0 Å². The van der Waals surface area contributed by atoms with Gasteiger partial charge < -0.3 is 15.4 Å². The number of anilines is 1. The second-order valence-corrected chi connectivity index (χ2v) is 3.66. The van der Waals surface area contributed by atoms with E-state index in [0.29, 0.717) is 0 Å². The van der Waals surface area contributed by atoms with Gasteiger partial charge in [-0.05, 0) is 24.6 Å². The highest BCUT2D eigenvalue weighted by atomic mass is 35.5. The molecule has 0 bridgehead atoms. The van der Waals surface area contributed by atoms with Crippen LogP contribution < -0.4 is 5.73 Å². The number of aliphatic hydroxyl groups is 1. The molecule has 4 nitrogen and oxygen atoms in total. The number of fused-ring (bicyclic) bond motifs is 1. The monoisotopic (exact) mass is 277 g/mol. The van der Waals surface area contributed by atoms with Crippen molar-refractivity contribution in [3.8, 4) is 0 Å². The molecule has 96 valence electrons. The molecule has 0 radical (unpaired) electrons. The second-order valence-electron chi connectivity index (χ2n) is 3.66. The molecule has 0 atom stereocenters. The lowest BCUT2D eigenvalue weighted by Crippen LogP contribution is -1.99. The molecular weight excluding hydrogens is 261 g/mol. The van der Waals surface area contributed by atoms with Gasteiger partial charge in [-0.3, -0.25) is 0 Å². The van der Waals surface area contributed by atoms with E-state index in [1.807, 2.05) is 29.8 Å². The summed E-state index contributed by atoms with van der Waals surface area (Å²) in [6, 6.07) is 5.72. The number of aromatic nitrogens is 2. The highest BCUT2D eigenvalue weighted by molar-refractivity contribution is 5.85. The van der Waals surface area contributed by atoms with Crippen molar-refractivity contribution >= 4 is 41.5 Å². The fraction of sp³-hybridized carbons (Fsp3) is 0.364. The van der Waals surface area contributed by atoms with Gasteiger partial charge in [0.05, 0.1) is 11.0 Å². The minimum atomic E-state index is 0. The van der Waals surface area contributed by atoms with Crippen LogP contribution >= 0.6 is 24.8 Å². The van der Waals surface area contributed by atoms with E-state index < -0.39 is 0 Å². The first-order valence-electron chi connectivity index (χ1n) is 5.04. The Morgan fingerprint density at radius 3 is 2.71 bits per heavy atom. The standard InChI is InChI=1S/C11H15N3O.2ClH/c1-14-10-5-4-8(12)7-9(10)13-11(14)3-2-6-15;;/h4-5,7,15H,2-3,6,12H2,1H3;2*1H. The topological polar surface area (TPSA) is 64.1 Å². The number of imidazole rings is 1. The van der Waals surface area contributed by atoms with E-state index in [2.05, 4.69) is 4.98 Å². The van der Waals surface area contributed by atoms with Crippen LogP contribution in [0.25, 0.3) is 11.0 Å². The Labute approximate surface area is 113 Å². The highest BCUT2D eigenvalue weighted by Crippen LogP contribution is 2.18. The minimum absolute atomic E-state index is 0. The number of nitrogens with two attached hydrogens (primary N) is 1. The van der Waals surface area contributed by atoms with Crippen molar-refractivity contribution in [3.05, 3.63) is 24.0 Å². The number of benzene rings is 1. The van der Waals surface area contributed by atoms with Gasteiger partial charge in [0.15, 0.2) is 0 Å². The van der Waals surface area contributed by atoms with E-state index in [4.69, 9.17) is 10.8 Å². The summed E-state index contributed by atoms with van der Waals surface area (Å²) in [4.78, 5) is 4.48. The Morgan fingerprint density at radius 1 is 1.35 bits per heavy atom. The van der Waals surface area contributed by atoms with Gasteiger partial charge in [0.2, 0.25) is 0 Å². The molecule has 17 heavy (non-hydrogen) atoms. The fourth-order valence-corrected chi connectivity index (χ4v) is 1.73. The zero-order valence-electron chi connectivity index (χ0n) is 9.59. The van der Waals surface area contributed by atoms with Gasteiger partial charge in [0, 0.05) is 25.8 Å². The zero-order chi connectivity index (χ0) is 10.8. The van der Waals surface area contributed by atoms with Crippen LogP contribution in [0.1, 0.15) is 12.2 Å². The van der Waals surface area contributed by atoms with Crippen molar-refractivity contribution in [2.24, 2.45) is 7.05 Å².